The largest absolute Gasteiger partial charge is 0.315 e. The molecule has 0 radical (unpaired) electrons. The molecule has 0 aromatic heterocycles. The minimum absolute atomic E-state index is 0.152. The molecule has 0 spiro atoms. The van der Waals surface area contributed by atoms with Crippen LogP contribution < -0.4 is 10.5 Å². The van der Waals surface area contributed by atoms with Gasteiger partial charge in [0.2, 0.25) is 10.0 Å². The van der Waals surface area contributed by atoms with E-state index < -0.39 is 21.7 Å². The molecule has 0 unspecified atom stereocenters. The number of hydrogen-bond donors (Lipinski definition) is 2. The first-order valence-corrected chi connectivity index (χ1v) is 6.17. The first-order chi connectivity index (χ1) is 7.41. The van der Waals surface area contributed by atoms with Gasteiger partial charge in [0, 0.05) is 24.6 Å². The highest BCUT2D eigenvalue weighted by atomic mass is 32.2. The van der Waals surface area contributed by atoms with Gasteiger partial charge in [-0.05, 0) is 12.1 Å². The normalized spacial score (nSPS) is 17.2. The summed E-state index contributed by atoms with van der Waals surface area (Å²) in [6.45, 7) is 0.839. The number of rotatable bonds is 2. The van der Waals surface area contributed by atoms with Gasteiger partial charge in [-0.1, -0.05) is 0 Å². The van der Waals surface area contributed by atoms with Crippen LogP contribution in [0, 0.1) is 11.6 Å². The zero-order chi connectivity index (χ0) is 11.9. The average molecular weight is 248 g/mol. The van der Waals surface area contributed by atoms with Crippen molar-refractivity contribution in [3.63, 3.8) is 0 Å². The van der Waals surface area contributed by atoms with Gasteiger partial charge in [0.25, 0.3) is 0 Å². The second kappa shape index (κ2) is 3.76. The molecule has 1 fully saturated rings. The molecule has 1 saturated heterocycles. The topological polar surface area (TPSA) is 72.2 Å². The molecule has 1 aliphatic rings. The van der Waals surface area contributed by atoms with E-state index in [-0.39, 0.29) is 16.4 Å². The smallest absolute Gasteiger partial charge is 0.238 e. The Morgan fingerprint density at radius 1 is 1.31 bits per heavy atom. The Balaban J connectivity index is 2.65. The van der Waals surface area contributed by atoms with E-state index in [2.05, 4.69) is 5.32 Å². The molecule has 0 amide bonds. The van der Waals surface area contributed by atoms with E-state index in [1.807, 2.05) is 0 Å². The van der Waals surface area contributed by atoms with Crippen molar-refractivity contribution in [1.82, 2.24) is 5.32 Å². The molecule has 2 rings (SSSR count). The SMILES string of the molecule is NS(=O)(=O)c1ccc(F)c(F)c1C1CNC1. The van der Waals surface area contributed by atoms with Crippen LogP contribution >= 0.6 is 0 Å². The number of nitrogens with one attached hydrogen (secondary N) is 1. The highest BCUT2D eigenvalue weighted by molar-refractivity contribution is 7.89. The summed E-state index contributed by atoms with van der Waals surface area (Å²) >= 11 is 0. The molecular weight excluding hydrogens is 238 g/mol. The Kier molecular flexibility index (Phi) is 2.69. The van der Waals surface area contributed by atoms with Crippen LogP contribution in [0.25, 0.3) is 0 Å². The summed E-state index contributed by atoms with van der Waals surface area (Å²) in [5.41, 5.74) is -0.152. The molecule has 1 aromatic rings. The fraction of sp³-hybridized carbons (Fsp3) is 0.333. The van der Waals surface area contributed by atoms with Crippen molar-refractivity contribution >= 4 is 10.0 Å². The third-order valence-electron chi connectivity index (χ3n) is 2.59. The standard InChI is InChI=1S/C9H10F2N2O2S/c10-6-1-2-7(16(12,14)15)8(9(6)11)5-3-13-4-5/h1-2,5,13H,3-4H2,(H2,12,14,15). The van der Waals surface area contributed by atoms with E-state index in [9.17, 15) is 17.2 Å². The van der Waals surface area contributed by atoms with Crippen molar-refractivity contribution in [2.75, 3.05) is 13.1 Å². The van der Waals surface area contributed by atoms with Gasteiger partial charge >= 0.3 is 0 Å². The van der Waals surface area contributed by atoms with E-state index in [1.165, 1.54) is 0 Å². The lowest BCUT2D eigenvalue weighted by Gasteiger charge is -2.29. The summed E-state index contributed by atoms with van der Waals surface area (Å²) in [6.07, 6.45) is 0. The summed E-state index contributed by atoms with van der Waals surface area (Å²) in [7, 11) is -4.03. The molecule has 88 valence electrons. The number of sulfonamides is 1. The molecule has 16 heavy (non-hydrogen) atoms. The quantitative estimate of drug-likeness (QED) is 0.790. The van der Waals surface area contributed by atoms with Crippen molar-refractivity contribution in [2.45, 2.75) is 10.8 Å². The van der Waals surface area contributed by atoms with Gasteiger partial charge in [-0.2, -0.15) is 0 Å². The maximum atomic E-state index is 13.5. The van der Waals surface area contributed by atoms with Crippen LogP contribution in [0.2, 0.25) is 0 Å². The van der Waals surface area contributed by atoms with Crippen LogP contribution in [-0.2, 0) is 10.0 Å². The number of nitrogens with two attached hydrogens (primary N) is 1. The summed E-state index contributed by atoms with van der Waals surface area (Å²) in [5, 5.41) is 7.82. The molecule has 7 heteroatoms. The van der Waals surface area contributed by atoms with Crippen LogP contribution in [-0.4, -0.2) is 21.5 Å². The van der Waals surface area contributed by atoms with Crippen LogP contribution in [0.5, 0.6) is 0 Å². The van der Waals surface area contributed by atoms with Crippen molar-refractivity contribution in [3.05, 3.63) is 29.3 Å². The van der Waals surface area contributed by atoms with Crippen LogP contribution in [0.15, 0.2) is 17.0 Å². The lowest BCUT2D eigenvalue weighted by molar-refractivity contribution is 0.408. The predicted octanol–water partition coefficient (Wildman–Crippen LogP) is 0.299. The first-order valence-electron chi connectivity index (χ1n) is 4.62. The molecule has 1 heterocycles. The number of benzene rings is 1. The Labute approximate surface area is 91.5 Å². The summed E-state index contributed by atoms with van der Waals surface area (Å²) in [5.74, 6) is -2.53. The lowest BCUT2D eigenvalue weighted by atomic mass is 9.93. The number of primary sulfonamides is 1. The van der Waals surface area contributed by atoms with E-state index in [4.69, 9.17) is 5.14 Å². The predicted molar refractivity (Wildman–Crippen MR) is 53.3 cm³/mol. The van der Waals surface area contributed by atoms with Gasteiger partial charge in [0.1, 0.15) is 0 Å². The molecule has 3 N–H and O–H groups in total. The van der Waals surface area contributed by atoms with Gasteiger partial charge < -0.3 is 5.32 Å². The van der Waals surface area contributed by atoms with Crippen LogP contribution in [0.3, 0.4) is 0 Å². The number of halogens is 2. The highest BCUT2D eigenvalue weighted by Gasteiger charge is 2.30. The van der Waals surface area contributed by atoms with Gasteiger partial charge in [-0.3, -0.25) is 0 Å². The second-order valence-corrected chi connectivity index (χ2v) is 5.20. The maximum absolute atomic E-state index is 13.5. The second-order valence-electron chi connectivity index (χ2n) is 3.67. The van der Waals surface area contributed by atoms with Gasteiger partial charge in [0.15, 0.2) is 11.6 Å². The molecule has 1 aromatic carbocycles. The molecule has 0 saturated carbocycles. The number of hydrogen-bond acceptors (Lipinski definition) is 3. The molecule has 0 atom stereocenters. The Hall–Kier alpha value is -1.05. The minimum Gasteiger partial charge on any atom is -0.315 e. The van der Waals surface area contributed by atoms with E-state index in [0.29, 0.717) is 13.1 Å². The van der Waals surface area contributed by atoms with Gasteiger partial charge in [0.05, 0.1) is 4.90 Å². The Morgan fingerprint density at radius 3 is 2.38 bits per heavy atom. The maximum Gasteiger partial charge on any atom is 0.238 e. The first kappa shape index (κ1) is 11.4. The van der Waals surface area contributed by atoms with Crippen molar-refractivity contribution in [1.29, 1.82) is 0 Å². The monoisotopic (exact) mass is 248 g/mol. The highest BCUT2D eigenvalue weighted by Crippen LogP contribution is 2.30. The van der Waals surface area contributed by atoms with Crippen LogP contribution in [0.1, 0.15) is 11.5 Å². The van der Waals surface area contributed by atoms with Gasteiger partial charge in [-0.25, -0.2) is 22.3 Å². The zero-order valence-corrected chi connectivity index (χ0v) is 9.02. The third-order valence-corrected chi connectivity index (χ3v) is 3.56. The molecular formula is C9H10F2N2O2S. The molecule has 0 aliphatic carbocycles. The van der Waals surface area contributed by atoms with Crippen molar-refractivity contribution in [3.8, 4) is 0 Å². The lowest BCUT2D eigenvalue weighted by Crippen LogP contribution is -2.41. The summed E-state index contributed by atoms with van der Waals surface area (Å²) in [6, 6.07) is 1.77. The summed E-state index contributed by atoms with van der Waals surface area (Å²) < 4.78 is 49.0. The Morgan fingerprint density at radius 2 is 1.94 bits per heavy atom. The molecule has 4 nitrogen and oxygen atoms in total. The molecule has 1 aliphatic heterocycles. The Bertz CT molecular complexity index is 527. The van der Waals surface area contributed by atoms with Crippen molar-refractivity contribution in [2.24, 2.45) is 5.14 Å². The zero-order valence-electron chi connectivity index (χ0n) is 8.20. The van der Waals surface area contributed by atoms with E-state index in [0.717, 1.165) is 12.1 Å². The van der Waals surface area contributed by atoms with E-state index in [1.54, 1.807) is 0 Å². The minimum atomic E-state index is -4.03. The fourth-order valence-corrected chi connectivity index (χ4v) is 2.49. The van der Waals surface area contributed by atoms with E-state index >= 15 is 0 Å². The fourth-order valence-electron chi connectivity index (χ4n) is 1.67. The van der Waals surface area contributed by atoms with Crippen LogP contribution in [0.4, 0.5) is 8.78 Å². The summed E-state index contributed by atoms with van der Waals surface area (Å²) in [4.78, 5) is -0.335. The average Bonchev–Trinajstić information content (AvgIpc) is 2.08. The molecule has 0 bridgehead atoms. The van der Waals surface area contributed by atoms with Gasteiger partial charge in [-0.15, -0.1) is 0 Å². The van der Waals surface area contributed by atoms with Crippen molar-refractivity contribution < 1.29 is 17.2 Å². The third kappa shape index (κ3) is 1.81.